The standard InChI is InChI=1S/C19H25FN2O4/c20-16-2-1-3-17-18(16)26-15(13-25-17)12-21-7-4-14(5-8-21)6-9-22-10-11-24-19(22)23/h1-3,14-15H,4-13H2/t15-/m0/s1. The van der Waals surface area contributed by atoms with Gasteiger partial charge in [0.15, 0.2) is 17.3 Å². The van der Waals surface area contributed by atoms with E-state index in [-0.39, 0.29) is 23.8 Å². The number of hydrogen-bond acceptors (Lipinski definition) is 5. The quantitative estimate of drug-likeness (QED) is 0.804. The van der Waals surface area contributed by atoms with E-state index in [1.165, 1.54) is 6.07 Å². The van der Waals surface area contributed by atoms with Crippen molar-refractivity contribution in [1.29, 1.82) is 0 Å². The Balaban J connectivity index is 1.21. The third-order valence-electron chi connectivity index (χ3n) is 5.46. The van der Waals surface area contributed by atoms with Crippen LogP contribution >= 0.6 is 0 Å². The van der Waals surface area contributed by atoms with E-state index in [9.17, 15) is 9.18 Å². The Kier molecular flexibility index (Phi) is 5.15. The first-order chi connectivity index (χ1) is 12.7. The fourth-order valence-electron chi connectivity index (χ4n) is 3.90. The highest BCUT2D eigenvalue weighted by Crippen LogP contribution is 2.34. The molecule has 0 unspecified atom stereocenters. The molecule has 0 aromatic heterocycles. The predicted octanol–water partition coefficient (Wildman–Crippen LogP) is 2.52. The van der Waals surface area contributed by atoms with Crippen LogP contribution in [0.25, 0.3) is 0 Å². The molecule has 3 aliphatic rings. The van der Waals surface area contributed by atoms with Crippen molar-refractivity contribution < 1.29 is 23.4 Å². The molecular formula is C19H25FN2O4. The number of fused-ring (bicyclic) bond motifs is 1. The summed E-state index contributed by atoms with van der Waals surface area (Å²) in [6.07, 6.45) is 2.94. The number of benzene rings is 1. The van der Waals surface area contributed by atoms with Gasteiger partial charge in [0.1, 0.15) is 19.3 Å². The Labute approximate surface area is 152 Å². The van der Waals surface area contributed by atoms with Gasteiger partial charge in [-0.25, -0.2) is 9.18 Å². The van der Waals surface area contributed by atoms with E-state index >= 15 is 0 Å². The van der Waals surface area contributed by atoms with Gasteiger partial charge in [-0.1, -0.05) is 6.07 Å². The van der Waals surface area contributed by atoms with Gasteiger partial charge in [0.2, 0.25) is 0 Å². The van der Waals surface area contributed by atoms with Crippen LogP contribution in [0.4, 0.5) is 9.18 Å². The molecule has 0 saturated carbocycles. The molecule has 2 saturated heterocycles. The Morgan fingerprint density at radius 2 is 2.00 bits per heavy atom. The molecule has 4 rings (SSSR count). The summed E-state index contributed by atoms with van der Waals surface area (Å²) in [4.78, 5) is 15.6. The van der Waals surface area contributed by atoms with Crippen LogP contribution in [0, 0.1) is 11.7 Å². The lowest BCUT2D eigenvalue weighted by Crippen LogP contribution is -2.44. The third kappa shape index (κ3) is 3.87. The summed E-state index contributed by atoms with van der Waals surface area (Å²) < 4.78 is 30.3. The van der Waals surface area contributed by atoms with E-state index in [4.69, 9.17) is 14.2 Å². The smallest absolute Gasteiger partial charge is 0.409 e. The number of cyclic esters (lactones) is 1. The lowest BCUT2D eigenvalue weighted by Gasteiger charge is -2.36. The van der Waals surface area contributed by atoms with Crippen molar-refractivity contribution in [3.8, 4) is 11.5 Å². The Morgan fingerprint density at radius 3 is 2.77 bits per heavy atom. The minimum absolute atomic E-state index is 0.143. The van der Waals surface area contributed by atoms with Gasteiger partial charge in [-0.05, 0) is 50.4 Å². The first kappa shape index (κ1) is 17.4. The molecule has 0 aliphatic carbocycles. The lowest BCUT2D eigenvalue weighted by molar-refractivity contribution is 0.0434. The molecule has 3 aliphatic heterocycles. The zero-order chi connectivity index (χ0) is 17.9. The van der Waals surface area contributed by atoms with Gasteiger partial charge in [-0.3, -0.25) is 4.90 Å². The molecule has 0 radical (unpaired) electrons. The summed E-state index contributed by atoms with van der Waals surface area (Å²) in [6.45, 7) is 5.23. The molecular weight excluding hydrogens is 339 g/mol. The Morgan fingerprint density at radius 1 is 1.15 bits per heavy atom. The van der Waals surface area contributed by atoms with Gasteiger partial charge in [0, 0.05) is 13.1 Å². The lowest BCUT2D eigenvalue weighted by atomic mass is 9.93. The van der Waals surface area contributed by atoms with Crippen molar-refractivity contribution in [2.45, 2.75) is 25.4 Å². The largest absolute Gasteiger partial charge is 0.486 e. The summed E-state index contributed by atoms with van der Waals surface area (Å²) in [7, 11) is 0. The van der Waals surface area contributed by atoms with Crippen LogP contribution in [0.1, 0.15) is 19.3 Å². The zero-order valence-electron chi connectivity index (χ0n) is 14.9. The molecule has 26 heavy (non-hydrogen) atoms. The number of ether oxygens (including phenoxy) is 3. The second-order valence-corrected chi connectivity index (χ2v) is 7.25. The number of halogens is 1. The molecule has 7 heteroatoms. The highest BCUT2D eigenvalue weighted by Gasteiger charge is 2.28. The van der Waals surface area contributed by atoms with Crippen LogP contribution in [-0.2, 0) is 4.74 Å². The van der Waals surface area contributed by atoms with E-state index in [0.29, 0.717) is 31.4 Å². The summed E-state index contributed by atoms with van der Waals surface area (Å²) in [5, 5.41) is 0. The average Bonchev–Trinajstić information content (AvgIpc) is 3.07. The molecule has 142 valence electrons. The molecule has 1 aromatic carbocycles. The van der Waals surface area contributed by atoms with Gasteiger partial charge >= 0.3 is 6.09 Å². The van der Waals surface area contributed by atoms with Crippen LogP contribution in [0.2, 0.25) is 0 Å². The number of likely N-dealkylation sites (tertiary alicyclic amines) is 1. The van der Waals surface area contributed by atoms with Gasteiger partial charge in [-0.2, -0.15) is 0 Å². The maximum atomic E-state index is 13.9. The minimum Gasteiger partial charge on any atom is -0.486 e. The van der Waals surface area contributed by atoms with Crippen molar-refractivity contribution in [2.24, 2.45) is 5.92 Å². The Bertz CT molecular complexity index is 648. The number of nitrogens with zero attached hydrogens (tertiary/aromatic N) is 2. The topological polar surface area (TPSA) is 51.2 Å². The molecule has 0 N–H and O–H groups in total. The van der Waals surface area contributed by atoms with Crippen LogP contribution in [0.5, 0.6) is 11.5 Å². The maximum Gasteiger partial charge on any atom is 0.409 e. The normalized spacial score (nSPS) is 24.0. The number of hydrogen-bond donors (Lipinski definition) is 0. The zero-order valence-corrected chi connectivity index (χ0v) is 14.9. The predicted molar refractivity (Wildman–Crippen MR) is 93.0 cm³/mol. The molecule has 2 fully saturated rings. The molecule has 1 amide bonds. The van der Waals surface area contributed by atoms with Crippen molar-refractivity contribution in [3.63, 3.8) is 0 Å². The van der Waals surface area contributed by atoms with E-state index in [1.54, 1.807) is 17.0 Å². The number of amides is 1. The van der Waals surface area contributed by atoms with E-state index in [0.717, 1.165) is 45.4 Å². The van der Waals surface area contributed by atoms with Gasteiger partial charge in [0.05, 0.1) is 6.54 Å². The number of carbonyl (C=O) groups excluding carboxylic acids is 1. The molecule has 0 spiro atoms. The molecule has 3 heterocycles. The summed E-state index contributed by atoms with van der Waals surface area (Å²) >= 11 is 0. The van der Waals surface area contributed by atoms with Crippen molar-refractivity contribution in [1.82, 2.24) is 9.80 Å². The van der Waals surface area contributed by atoms with Crippen LogP contribution in [0.3, 0.4) is 0 Å². The first-order valence-corrected chi connectivity index (χ1v) is 9.41. The second-order valence-electron chi connectivity index (χ2n) is 7.25. The van der Waals surface area contributed by atoms with Crippen LogP contribution in [0.15, 0.2) is 18.2 Å². The molecule has 1 atom stereocenters. The van der Waals surface area contributed by atoms with Crippen molar-refractivity contribution in [2.75, 3.05) is 45.9 Å². The van der Waals surface area contributed by atoms with Crippen molar-refractivity contribution in [3.05, 3.63) is 24.0 Å². The summed E-state index contributed by atoms with van der Waals surface area (Å²) in [5.74, 6) is 0.990. The van der Waals surface area contributed by atoms with Gasteiger partial charge in [-0.15, -0.1) is 0 Å². The van der Waals surface area contributed by atoms with E-state index in [2.05, 4.69) is 4.90 Å². The second kappa shape index (κ2) is 7.70. The number of piperidine rings is 1. The number of para-hydroxylation sites is 1. The molecule has 6 nitrogen and oxygen atoms in total. The van der Waals surface area contributed by atoms with E-state index < -0.39 is 0 Å². The summed E-state index contributed by atoms with van der Waals surface area (Å²) in [6, 6.07) is 4.76. The molecule has 0 bridgehead atoms. The number of carbonyl (C=O) groups is 1. The third-order valence-corrected chi connectivity index (χ3v) is 5.46. The van der Waals surface area contributed by atoms with Crippen molar-refractivity contribution >= 4 is 6.09 Å². The minimum atomic E-state index is -0.369. The Hall–Kier alpha value is -2.02. The van der Waals surface area contributed by atoms with Crippen LogP contribution < -0.4 is 9.47 Å². The number of rotatable bonds is 5. The summed E-state index contributed by atoms with van der Waals surface area (Å²) in [5.41, 5.74) is 0. The first-order valence-electron chi connectivity index (χ1n) is 9.41. The maximum absolute atomic E-state index is 13.9. The highest BCUT2D eigenvalue weighted by atomic mass is 19.1. The molecule has 1 aromatic rings. The fourth-order valence-corrected chi connectivity index (χ4v) is 3.90. The monoisotopic (exact) mass is 364 g/mol. The van der Waals surface area contributed by atoms with Gasteiger partial charge in [0.25, 0.3) is 0 Å². The SMILES string of the molecule is O=C1OCCN1CCC1CCN(C[C@H]2COc3cccc(F)c3O2)CC1. The van der Waals surface area contributed by atoms with Crippen LogP contribution in [-0.4, -0.2) is 67.9 Å². The average molecular weight is 364 g/mol. The van der Waals surface area contributed by atoms with E-state index in [1.807, 2.05) is 0 Å². The van der Waals surface area contributed by atoms with Gasteiger partial charge < -0.3 is 19.1 Å². The fraction of sp³-hybridized carbons (Fsp3) is 0.632. The highest BCUT2D eigenvalue weighted by molar-refractivity contribution is 5.69.